The van der Waals surface area contributed by atoms with Crippen LogP contribution < -0.4 is 5.32 Å². The van der Waals surface area contributed by atoms with Crippen LogP contribution in [0.2, 0.25) is 0 Å². The maximum Gasteiger partial charge on any atom is 0.239 e. The number of likely N-dealkylation sites (N-methyl/N-ethyl adjacent to an activating group) is 1. The number of nitrogens with one attached hydrogen (secondary N) is 1. The summed E-state index contributed by atoms with van der Waals surface area (Å²) >= 11 is 0. The molecule has 3 nitrogen and oxygen atoms in total. The molecule has 1 amide bonds. The van der Waals surface area contributed by atoms with Crippen molar-refractivity contribution < 1.29 is 4.79 Å². The molecule has 0 radical (unpaired) electrons. The lowest BCUT2D eigenvalue weighted by atomic mass is 9.99. The Morgan fingerprint density at radius 2 is 1.61 bits per heavy atom. The molecule has 3 rings (SSSR count). The number of halogens is 1. The van der Waals surface area contributed by atoms with Crippen LogP contribution in [-0.4, -0.2) is 37.0 Å². The molecule has 1 saturated heterocycles. The summed E-state index contributed by atoms with van der Waals surface area (Å²) in [5.41, 5.74) is 4.90. The van der Waals surface area contributed by atoms with E-state index in [1.54, 1.807) is 0 Å². The zero-order chi connectivity index (χ0) is 15.5. The Balaban J connectivity index is 0.00000192. The van der Waals surface area contributed by atoms with Crippen molar-refractivity contribution in [2.24, 2.45) is 0 Å². The number of carbonyl (C=O) groups excluding carboxylic acids is 1. The van der Waals surface area contributed by atoms with Gasteiger partial charge in [-0.3, -0.25) is 4.79 Å². The highest BCUT2D eigenvalue weighted by molar-refractivity contribution is 5.85. The van der Waals surface area contributed by atoms with Crippen LogP contribution in [0.15, 0.2) is 48.5 Å². The van der Waals surface area contributed by atoms with Crippen LogP contribution in [0.4, 0.5) is 0 Å². The van der Waals surface area contributed by atoms with Gasteiger partial charge in [-0.1, -0.05) is 54.1 Å². The smallest absolute Gasteiger partial charge is 0.239 e. The van der Waals surface area contributed by atoms with Gasteiger partial charge in [0.05, 0.1) is 6.04 Å². The Morgan fingerprint density at radius 3 is 2.22 bits per heavy atom. The normalized spacial score (nSPS) is 17.7. The highest BCUT2D eigenvalue weighted by Crippen LogP contribution is 2.21. The van der Waals surface area contributed by atoms with Crippen LogP contribution in [0, 0.1) is 6.92 Å². The van der Waals surface area contributed by atoms with Crippen LogP contribution in [0.5, 0.6) is 0 Å². The Bertz CT molecular complexity index is 652. The standard InChI is InChI=1S/C19H22N2O.ClH/c1-14-3-7-16(8-4-14)17-9-5-15(6-10-17)13-18-19(22)21(2)12-11-20-18;/h3-10,18,20H,11-13H2,1-2H3;1H. The second-order valence-electron chi connectivity index (χ2n) is 6.03. The van der Waals surface area contributed by atoms with E-state index in [0.29, 0.717) is 0 Å². The number of benzene rings is 2. The molecule has 0 aromatic heterocycles. The molecular weight excluding hydrogens is 308 g/mol. The number of amides is 1. The van der Waals surface area contributed by atoms with Crippen LogP contribution in [-0.2, 0) is 11.2 Å². The lowest BCUT2D eigenvalue weighted by Crippen LogP contribution is -2.54. The summed E-state index contributed by atoms with van der Waals surface area (Å²) in [6, 6.07) is 17.0. The van der Waals surface area contributed by atoms with Gasteiger partial charge in [0.2, 0.25) is 5.91 Å². The molecule has 0 aliphatic carbocycles. The van der Waals surface area contributed by atoms with Gasteiger partial charge in [-0.2, -0.15) is 0 Å². The second kappa shape index (κ2) is 7.62. The van der Waals surface area contributed by atoms with E-state index in [9.17, 15) is 4.79 Å². The summed E-state index contributed by atoms with van der Waals surface area (Å²) in [7, 11) is 1.87. The van der Waals surface area contributed by atoms with E-state index < -0.39 is 0 Å². The molecule has 2 aromatic rings. The molecule has 4 heteroatoms. The Morgan fingerprint density at radius 1 is 1.04 bits per heavy atom. The van der Waals surface area contributed by atoms with Crippen molar-refractivity contribution in [3.05, 3.63) is 59.7 Å². The van der Waals surface area contributed by atoms with Gasteiger partial charge in [0.15, 0.2) is 0 Å². The van der Waals surface area contributed by atoms with Gasteiger partial charge < -0.3 is 10.2 Å². The molecule has 1 aliphatic rings. The van der Waals surface area contributed by atoms with Gasteiger partial charge >= 0.3 is 0 Å². The topological polar surface area (TPSA) is 32.3 Å². The molecule has 0 bridgehead atoms. The molecule has 2 aromatic carbocycles. The molecule has 1 N–H and O–H groups in total. The first kappa shape index (κ1) is 17.5. The lowest BCUT2D eigenvalue weighted by molar-refractivity contribution is -0.134. The summed E-state index contributed by atoms with van der Waals surface area (Å²) < 4.78 is 0. The van der Waals surface area contributed by atoms with Crippen LogP contribution in [0.25, 0.3) is 11.1 Å². The SMILES string of the molecule is Cc1ccc(-c2ccc(CC3NCCN(C)C3=O)cc2)cc1.Cl. The van der Waals surface area contributed by atoms with Crippen LogP contribution in [0.1, 0.15) is 11.1 Å². The molecule has 1 atom stereocenters. The van der Waals surface area contributed by atoms with E-state index in [2.05, 4.69) is 60.8 Å². The zero-order valence-electron chi connectivity index (χ0n) is 13.6. The number of rotatable bonds is 3. The summed E-state index contributed by atoms with van der Waals surface area (Å²) in [5, 5.41) is 3.31. The summed E-state index contributed by atoms with van der Waals surface area (Å²) in [5.74, 6) is 0.189. The number of hydrogen-bond acceptors (Lipinski definition) is 2. The molecule has 1 aliphatic heterocycles. The van der Waals surface area contributed by atoms with Crippen molar-refractivity contribution in [2.75, 3.05) is 20.1 Å². The fraction of sp³-hybridized carbons (Fsp3) is 0.316. The molecule has 122 valence electrons. The van der Waals surface area contributed by atoms with Gasteiger partial charge in [-0.05, 0) is 30.0 Å². The Labute approximate surface area is 144 Å². The van der Waals surface area contributed by atoms with Gasteiger partial charge in [-0.25, -0.2) is 0 Å². The van der Waals surface area contributed by atoms with Crippen LogP contribution in [0.3, 0.4) is 0 Å². The van der Waals surface area contributed by atoms with Crippen molar-refractivity contribution in [3.8, 4) is 11.1 Å². The number of nitrogens with zero attached hydrogens (tertiary/aromatic N) is 1. The largest absolute Gasteiger partial charge is 0.343 e. The third-order valence-corrected chi connectivity index (χ3v) is 4.29. The fourth-order valence-electron chi connectivity index (χ4n) is 2.84. The van der Waals surface area contributed by atoms with E-state index in [1.165, 1.54) is 22.3 Å². The van der Waals surface area contributed by atoms with E-state index in [-0.39, 0.29) is 24.4 Å². The Kier molecular flexibility index (Phi) is 5.80. The second-order valence-corrected chi connectivity index (χ2v) is 6.03. The van der Waals surface area contributed by atoms with Crippen molar-refractivity contribution in [1.82, 2.24) is 10.2 Å². The quantitative estimate of drug-likeness (QED) is 0.938. The number of carbonyl (C=O) groups is 1. The molecule has 0 spiro atoms. The fourth-order valence-corrected chi connectivity index (χ4v) is 2.84. The number of aryl methyl sites for hydroxylation is 1. The summed E-state index contributed by atoms with van der Waals surface area (Å²) in [6.45, 7) is 3.76. The van der Waals surface area contributed by atoms with E-state index >= 15 is 0 Å². The number of hydrogen-bond donors (Lipinski definition) is 1. The molecule has 0 saturated carbocycles. The number of piperazine rings is 1. The highest BCUT2D eigenvalue weighted by atomic mass is 35.5. The van der Waals surface area contributed by atoms with Gasteiger partial charge in [-0.15, -0.1) is 12.4 Å². The average molecular weight is 331 g/mol. The third-order valence-electron chi connectivity index (χ3n) is 4.29. The van der Waals surface area contributed by atoms with Gasteiger partial charge in [0.1, 0.15) is 0 Å². The van der Waals surface area contributed by atoms with E-state index in [0.717, 1.165) is 19.5 Å². The summed E-state index contributed by atoms with van der Waals surface area (Å²) in [6.07, 6.45) is 0.747. The van der Waals surface area contributed by atoms with Gasteiger partial charge in [0.25, 0.3) is 0 Å². The minimum Gasteiger partial charge on any atom is -0.343 e. The van der Waals surface area contributed by atoms with Gasteiger partial charge in [0, 0.05) is 20.1 Å². The van der Waals surface area contributed by atoms with Crippen molar-refractivity contribution in [2.45, 2.75) is 19.4 Å². The lowest BCUT2D eigenvalue weighted by Gasteiger charge is -2.30. The molecule has 1 unspecified atom stereocenters. The van der Waals surface area contributed by atoms with E-state index in [4.69, 9.17) is 0 Å². The van der Waals surface area contributed by atoms with Crippen molar-refractivity contribution in [1.29, 1.82) is 0 Å². The zero-order valence-corrected chi connectivity index (χ0v) is 14.4. The van der Waals surface area contributed by atoms with Crippen molar-refractivity contribution in [3.63, 3.8) is 0 Å². The molecule has 1 fully saturated rings. The van der Waals surface area contributed by atoms with Crippen molar-refractivity contribution >= 4 is 18.3 Å². The molecular formula is C19H23ClN2O. The first-order valence-electron chi connectivity index (χ1n) is 7.78. The Hall–Kier alpha value is -1.84. The highest BCUT2D eigenvalue weighted by Gasteiger charge is 2.25. The molecule has 1 heterocycles. The molecule has 23 heavy (non-hydrogen) atoms. The van der Waals surface area contributed by atoms with Crippen LogP contribution >= 0.6 is 12.4 Å². The minimum atomic E-state index is -0.0935. The maximum atomic E-state index is 12.1. The van der Waals surface area contributed by atoms with E-state index in [1.807, 2.05) is 11.9 Å². The monoisotopic (exact) mass is 330 g/mol. The third kappa shape index (κ3) is 4.12. The maximum absolute atomic E-state index is 12.1. The first-order valence-corrected chi connectivity index (χ1v) is 7.78. The predicted octanol–water partition coefficient (Wildman–Crippen LogP) is 3.06. The first-order chi connectivity index (χ1) is 10.6. The minimum absolute atomic E-state index is 0. The predicted molar refractivity (Wildman–Crippen MR) is 97.0 cm³/mol. The average Bonchev–Trinajstić information content (AvgIpc) is 2.53. The summed E-state index contributed by atoms with van der Waals surface area (Å²) in [4.78, 5) is 13.9.